The van der Waals surface area contributed by atoms with Crippen LogP contribution in [0.1, 0.15) is 24.2 Å². The number of carbonyl (C=O) groups is 2. The first kappa shape index (κ1) is 16.9. The molecule has 1 aromatic carbocycles. The predicted octanol–water partition coefficient (Wildman–Crippen LogP) is 2.91. The van der Waals surface area contributed by atoms with Gasteiger partial charge in [-0.1, -0.05) is 29.8 Å². The van der Waals surface area contributed by atoms with Gasteiger partial charge >= 0.3 is 5.63 Å². The van der Waals surface area contributed by atoms with E-state index in [9.17, 15) is 14.4 Å². The van der Waals surface area contributed by atoms with Crippen LogP contribution in [0.25, 0.3) is 11.0 Å². The number of para-hydroxylation sites is 1. The van der Waals surface area contributed by atoms with Gasteiger partial charge in [0.25, 0.3) is 11.8 Å². The molecule has 0 radical (unpaired) electrons. The van der Waals surface area contributed by atoms with Crippen molar-refractivity contribution in [3.05, 3.63) is 81.4 Å². The molecule has 0 saturated heterocycles. The lowest BCUT2D eigenvalue weighted by molar-refractivity contribution is -0.117. The molecule has 0 bridgehead atoms. The number of aliphatic imine (C=N–C) groups is 1. The lowest BCUT2D eigenvalue weighted by Gasteiger charge is -2.28. The minimum Gasteiger partial charge on any atom is -0.422 e. The molecule has 2 aliphatic rings. The first-order valence-corrected chi connectivity index (χ1v) is 8.48. The third kappa shape index (κ3) is 2.95. The Morgan fingerprint density at radius 2 is 1.96 bits per heavy atom. The first-order valence-electron chi connectivity index (χ1n) is 8.48. The van der Waals surface area contributed by atoms with Crippen LogP contribution in [0.15, 0.2) is 79.6 Å². The Morgan fingerprint density at radius 3 is 2.78 bits per heavy atom. The summed E-state index contributed by atoms with van der Waals surface area (Å²) in [5.74, 6) is -0.885. The van der Waals surface area contributed by atoms with Gasteiger partial charge in [0.2, 0.25) is 0 Å². The molecule has 4 rings (SSSR count). The second-order valence-electron chi connectivity index (χ2n) is 6.53. The van der Waals surface area contributed by atoms with Crippen LogP contribution in [0.3, 0.4) is 0 Å². The van der Waals surface area contributed by atoms with E-state index < -0.39 is 11.5 Å². The second kappa shape index (κ2) is 6.32. The molecule has 0 saturated carbocycles. The summed E-state index contributed by atoms with van der Waals surface area (Å²) < 4.78 is 5.19. The van der Waals surface area contributed by atoms with Crippen molar-refractivity contribution in [2.45, 2.75) is 13.8 Å². The highest BCUT2D eigenvalue weighted by Gasteiger charge is 2.27. The molecular weight excluding hydrogens is 344 g/mol. The summed E-state index contributed by atoms with van der Waals surface area (Å²) in [6.45, 7) is 3.69. The van der Waals surface area contributed by atoms with E-state index in [-0.39, 0.29) is 17.4 Å². The van der Waals surface area contributed by atoms with Gasteiger partial charge in [-0.05, 0) is 38.1 Å². The van der Waals surface area contributed by atoms with E-state index in [4.69, 9.17) is 4.42 Å². The van der Waals surface area contributed by atoms with Gasteiger partial charge in [0, 0.05) is 22.6 Å². The maximum atomic E-state index is 12.5. The monoisotopic (exact) mass is 360 g/mol. The molecule has 134 valence electrons. The van der Waals surface area contributed by atoms with Crippen molar-refractivity contribution in [2.75, 3.05) is 0 Å². The Hall–Kier alpha value is -3.54. The van der Waals surface area contributed by atoms with Gasteiger partial charge in [-0.2, -0.15) is 0 Å². The van der Waals surface area contributed by atoms with Gasteiger partial charge in [-0.15, -0.1) is 0 Å². The summed E-state index contributed by atoms with van der Waals surface area (Å²) in [6.07, 6.45) is 5.24. The molecule has 2 amide bonds. The summed E-state index contributed by atoms with van der Waals surface area (Å²) in [5, 5.41) is 3.46. The van der Waals surface area contributed by atoms with Crippen LogP contribution in [0, 0.1) is 5.92 Å². The Balaban J connectivity index is 1.69. The van der Waals surface area contributed by atoms with Crippen LogP contribution in [-0.4, -0.2) is 17.5 Å². The molecule has 2 heterocycles. The molecule has 0 spiro atoms. The number of amides is 2. The molecule has 6 nitrogen and oxygen atoms in total. The van der Waals surface area contributed by atoms with Crippen molar-refractivity contribution in [1.82, 2.24) is 5.32 Å². The molecule has 27 heavy (non-hydrogen) atoms. The van der Waals surface area contributed by atoms with Crippen LogP contribution in [0.5, 0.6) is 0 Å². The zero-order valence-corrected chi connectivity index (χ0v) is 14.8. The maximum Gasteiger partial charge on any atom is 0.349 e. The van der Waals surface area contributed by atoms with Crippen molar-refractivity contribution in [2.24, 2.45) is 10.9 Å². The van der Waals surface area contributed by atoms with Crippen molar-refractivity contribution < 1.29 is 14.0 Å². The normalized spacial score (nSPS) is 20.5. The molecular formula is C21H16N2O4. The summed E-state index contributed by atoms with van der Waals surface area (Å²) in [6, 6.07) is 8.44. The number of nitrogens with one attached hydrogen (secondary N) is 1. The van der Waals surface area contributed by atoms with E-state index in [0.29, 0.717) is 28.0 Å². The number of allylic oxidation sites excluding steroid dienone is 3. The van der Waals surface area contributed by atoms with Crippen molar-refractivity contribution in [1.29, 1.82) is 0 Å². The Labute approximate surface area is 154 Å². The number of carbonyl (C=O) groups excluding carboxylic acids is 2. The molecule has 1 N–H and O–H groups in total. The summed E-state index contributed by atoms with van der Waals surface area (Å²) in [5.41, 5.74) is 2.24. The number of benzene rings is 1. The molecule has 1 aliphatic heterocycles. The first-order chi connectivity index (χ1) is 12.9. The molecule has 1 aliphatic carbocycles. The minimum absolute atomic E-state index is 0.0394. The van der Waals surface area contributed by atoms with Gasteiger partial charge in [0.05, 0.1) is 5.71 Å². The fourth-order valence-corrected chi connectivity index (χ4v) is 3.18. The van der Waals surface area contributed by atoms with Crippen molar-refractivity contribution in [3.8, 4) is 0 Å². The fourth-order valence-electron chi connectivity index (χ4n) is 3.18. The van der Waals surface area contributed by atoms with E-state index in [1.807, 2.05) is 13.0 Å². The summed E-state index contributed by atoms with van der Waals surface area (Å²) >= 11 is 0. The number of hydrogen-bond donors (Lipinski definition) is 1. The van der Waals surface area contributed by atoms with Crippen LogP contribution in [0.2, 0.25) is 0 Å². The number of rotatable bonds is 1. The van der Waals surface area contributed by atoms with Gasteiger partial charge in [0.1, 0.15) is 11.1 Å². The van der Waals surface area contributed by atoms with E-state index >= 15 is 0 Å². The fraction of sp³-hybridized carbons (Fsp3) is 0.143. The van der Waals surface area contributed by atoms with E-state index in [2.05, 4.69) is 10.3 Å². The number of hydrogen-bond acceptors (Lipinski definition) is 4. The standard InChI is InChI=1S/C21H16N2O4/c1-11-12(2)19(24)23-17-10-14(7-8-15(11)17)22-20(25)16-9-13-5-3-4-6-18(13)27-21(16)26/h3-10,15H,1-2H3,(H,23,24). The highest BCUT2D eigenvalue weighted by molar-refractivity contribution is 6.14. The predicted molar refractivity (Wildman–Crippen MR) is 101 cm³/mol. The van der Waals surface area contributed by atoms with E-state index in [1.54, 1.807) is 43.3 Å². The molecule has 1 unspecified atom stereocenters. The molecule has 1 atom stereocenters. The van der Waals surface area contributed by atoms with Crippen LogP contribution < -0.4 is 10.9 Å². The van der Waals surface area contributed by atoms with Crippen LogP contribution >= 0.6 is 0 Å². The van der Waals surface area contributed by atoms with E-state index in [0.717, 1.165) is 5.57 Å². The average molecular weight is 360 g/mol. The number of fused-ring (bicyclic) bond motifs is 2. The second-order valence-corrected chi connectivity index (χ2v) is 6.53. The van der Waals surface area contributed by atoms with Crippen LogP contribution in [-0.2, 0) is 4.79 Å². The Morgan fingerprint density at radius 1 is 1.19 bits per heavy atom. The zero-order chi connectivity index (χ0) is 19.1. The molecule has 2 aromatic rings. The lowest BCUT2D eigenvalue weighted by Crippen LogP contribution is -2.35. The van der Waals surface area contributed by atoms with E-state index in [1.165, 1.54) is 6.07 Å². The maximum absolute atomic E-state index is 12.5. The molecule has 1 aromatic heterocycles. The van der Waals surface area contributed by atoms with Crippen LogP contribution in [0.4, 0.5) is 0 Å². The van der Waals surface area contributed by atoms with Gasteiger partial charge in [0.15, 0.2) is 0 Å². The Kier molecular flexibility index (Phi) is 3.96. The zero-order valence-electron chi connectivity index (χ0n) is 14.8. The van der Waals surface area contributed by atoms with Crippen molar-refractivity contribution >= 4 is 28.5 Å². The van der Waals surface area contributed by atoms with Gasteiger partial charge in [-0.3, -0.25) is 9.59 Å². The third-order valence-corrected chi connectivity index (χ3v) is 4.86. The lowest BCUT2D eigenvalue weighted by atomic mass is 9.85. The summed E-state index contributed by atoms with van der Waals surface area (Å²) in [4.78, 5) is 40.6. The number of nitrogens with zero attached hydrogens (tertiary/aromatic N) is 1. The Bertz CT molecular complexity index is 1180. The molecule has 0 fully saturated rings. The smallest absolute Gasteiger partial charge is 0.349 e. The highest BCUT2D eigenvalue weighted by atomic mass is 16.4. The van der Waals surface area contributed by atoms with Gasteiger partial charge < -0.3 is 9.73 Å². The minimum atomic E-state index is -0.728. The van der Waals surface area contributed by atoms with Gasteiger partial charge in [-0.25, -0.2) is 9.79 Å². The van der Waals surface area contributed by atoms with Crippen molar-refractivity contribution in [3.63, 3.8) is 0 Å². The third-order valence-electron chi connectivity index (χ3n) is 4.86. The highest BCUT2D eigenvalue weighted by Crippen LogP contribution is 2.29. The molecule has 6 heteroatoms. The topological polar surface area (TPSA) is 88.7 Å². The summed E-state index contributed by atoms with van der Waals surface area (Å²) in [7, 11) is 0. The largest absolute Gasteiger partial charge is 0.422 e. The SMILES string of the molecule is CC1=C(C)C2C=CC(=NC(=O)c3cc4ccccc4oc3=O)C=C2NC1=O. The average Bonchev–Trinajstić information content (AvgIpc) is 2.65. The quantitative estimate of drug-likeness (QED) is 0.792.